The largest absolute Gasteiger partial charge is 0.497 e. The topological polar surface area (TPSA) is 75.6 Å². The van der Waals surface area contributed by atoms with Gasteiger partial charge in [-0.25, -0.2) is 13.6 Å². The van der Waals surface area contributed by atoms with Gasteiger partial charge < -0.3 is 15.2 Å². The molecule has 19 heavy (non-hydrogen) atoms. The number of methoxy groups -OCH3 is 1. The van der Waals surface area contributed by atoms with Crippen molar-refractivity contribution in [3.05, 3.63) is 29.8 Å². The van der Waals surface area contributed by atoms with Crippen LogP contribution in [-0.2, 0) is 4.79 Å². The molecule has 5 nitrogen and oxygen atoms in total. The van der Waals surface area contributed by atoms with Gasteiger partial charge in [0, 0.05) is 12.0 Å². The summed E-state index contributed by atoms with van der Waals surface area (Å²) in [5, 5.41) is 10.8. The van der Waals surface area contributed by atoms with Gasteiger partial charge in [-0.2, -0.15) is 0 Å². The van der Waals surface area contributed by atoms with Crippen LogP contribution in [0.25, 0.3) is 0 Å². The highest BCUT2D eigenvalue weighted by Crippen LogP contribution is 2.13. The van der Waals surface area contributed by atoms with Crippen LogP contribution < -0.4 is 10.1 Å². The van der Waals surface area contributed by atoms with Crippen LogP contribution in [0.15, 0.2) is 24.3 Å². The van der Waals surface area contributed by atoms with E-state index in [1.54, 1.807) is 6.07 Å². The van der Waals surface area contributed by atoms with Crippen LogP contribution in [0, 0.1) is 0 Å². The molecule has 7 heteroatoms. The number of aliphatic carboxylic acids is 1. The number of amides is 1. The first-order chi connectivity index (χ1) is 8.93. The van der Waals surface area contributed by atoms with Crippen molar-refractivity contribution in [1.29, 1.82) is 0 Å². The van der Waals surface area contributed by atoms with Crippen molar-refractivity contribution in [3.63, 3.8) is 0 Å². The molecule has 2 N–H and O–H groups in total. The third kappa shape index (κ3) is 4.53. The van der Waals surface area contributed by atoms with Crippen LogP contribution in [0.4, 0.5) is 8.78 Å². The van der Waals surface area contributed by atoms with Crippen LogP contribution in [0.2, 0.25) is 0 Å². The number of carboxylic acids is 1. The number of benzene rings is 1. The van der Waals surface area contributed by atoms with E-state index in [0.717, 1.165) is 0 Å². The Morgan fingerprint density at radius 1 is 1.42 bits per heavy atom. The van der Waals surface area contributed by atoms with Crippen molar-refractivity contribution in [2.45, 2.75) is 18.9 Å². The quantitative estimate of drug-likeness (QED) is 0.824. The van der Waals surface area contributed by atoms with E-state index in [1.807, 2.05) is 5.32 Å². The van der Waals surface area contributed by atoms with E-state index >= 15 is 0 Å². The second-order valence-electron chi connectivity index (χ2n) is 3.72. The summed E-state index contributed by atoms with van der Waals surface area (Å²) in [5.74, 6) is -1.84. The number of hydrogen-bond donors (Lipinski definition) is 2. The second kappa shape index (κ2) is 6.67. The number of alkyl halides is 2. The smallest absolute Gasteiger partial charge is 0.326 e. The fourth-order valence-corrected chi connectivity index (χ4v) is 1.41. The molecule has 0 aliphatic heterocycles. The minimum atomic E-state index is -2.81. The number of carbonyl (C=O) groups is 2. The van der Waals surface area contributed by atoms with Crippen molar-refractivity contribution in [2.75, 3.05) is 7.11 Å². The summed E-state index contributed by atoms with van der Waals surface area (Å²) in [7, 11) is 1.41. The molecule has 0 heterocycles. The zero-order valence-corrected chi connectivity index (χ0v) is 10.1. The molecular formula is C12H13F2NO4. The molecule has 0 saturated heterocycles. The Hall–Kier alpha value is -2.18. The van der Waals surface area contributed by atoms with Crippen LogP contribution in [0.3, 0.4) is 0 Å². The minimum Gasteiger partial charge on any atom is -0.497 e. The van der Waals surface area contributed by atoms with E-state index in [1.165, 1.54) is 25.3 Å². The molecule has 0 aromatic heterocycles. The Morgan fingerprint density at radius 2 is 2.11 bits per heavy atom. The molecular weight excluding hydrogens is 260 g/mol. The Morgan fingerprint density at radius 3 is 2.63 bits per heavy atom. The highest BCUT2D eigenvalue weighted by atomic mass is 19.3. The van der Waals surface area contributed by atoms with Crippen LogP contribution in [0.1, 0.15) is 16.8 Å². The van der Waals surface area contributed by atoms with Gasteiger partial charge >= 0.3 is 5.97 Å². The van der Waals surface area contributed by atoms with E-state index in [2.05, 4.69) is 0 Å². The van der Waals surface area contributed by atoms with Crippen LogP contribution >= 0.6 is 0 Å². The summed E-state index contributed by atoms with van der Waals surface area (Å²) in [6.45, 7) is 0. The van der Waals surface area contributed by atoms with Gasteiger partial charge in [0.25, 0.3) is 5.91 Å². The Bertz CT molecular complexity index is 465. The first-order valence-corrected chi connectivity index (χ1v) is 5.40. The molecule has 0 spiro atoms. The lowest BCUT2D eigenvalue weighted by atomic mass is 10.1. The SMILES string of the molecule is COc1cccc(C(=O)NC(CC(F)F)C(=O)O)c1. The first-order valence-electron chi connectivity index (χ1n) is 5.40. The molecule has 0 bridgehead atoms. The Balaban J connectivity index is 2.78. The third-order valence-electron chi connectivity index (χ3n) is 2.35. The lowest BCUT2D eigenvalue weighted by molar-refractivity contribution is -0.140. The maximum atomic E-state index is 12.2. The molecule has 1 rings (SSSR count). The zero-order valence-electron chi connectivity index (χ0n) is 10.1. The summed E-state index contributed by atoms with van der Waals surface area (Å²) in [6, 6.07) is 4.33. The normalized spacial score (nSPS) is 12.0. The third-order valence-corrected chi connectivity index (χ3v) is 2.35. The molecule has 0 fully saturated rings. The van der Waals surface area contributed by atoms with Gasteiger partial charge in [-0.1, -0.05) is 6.07 Å². The average Bonchev–Trinajstić information content (AvgIpc) is 2.37. The van der Waals surface area contributed by atoms with E-state index in [9.17, 15) is 18.4 Å². The lowest BCUT2D eigenvalue weighted by Gasteiger charge is -2.14. The van der Waals surface area contributed by atoms with Gasteiger partial charge in [0.2, 0.25) is 6.43 Å². The number of nitrogens with one attached hydrogen (secondary N) is 1. The van der Waals surface area contributed by atoms with Gasteiger partial charge in [0.15, 0.2) is 0 Å². The predicted molar refractivity (Wildman–Crippen MR) is 62.5 cm³/mol. The van der Waals surface area contributed by atoms with Gasteiger partial charge in [0.05, 0.1) is 7.11 Å². The standard InChI is InChI=1S/C12H13F2NO4/c1-19-8-4-2-3-7(5-8)11(16)15-9(12(17)18)6-10(13)14/h2-5,9-10H,6H2,1H3,(H,15,16)(H,17,18). The number of ether oxygens (including phenoxy) is 1. The van der Waals surface area contributed by atoms with Crippen LogP contribution in [-0.4, -0.2) is 36.6 Å². The number of rotatable bonds is 6. The molecule has 1 aromatic rings. The average molecular weight is 273 g/mol. The van der Waals surface area contributed by atoms with Crippen molar-refractivity contribution in [2.24, 2.45) is 0 Å². The van der Waals surface area contributed by atoms with Gasteiger partial charge in [-0.05, 0) is 18.2 Å². The minimum absolute atomic E-state index is 0.139. The summed E-state index contributed by atoms with van der Waals surface area (Å²) in [4.78, 5) is 22.5. The maximum absolute atomic E-state index is 12.2. The first kappa shape index (κ1) is 14.9. The second-order valence-corrected chi connectivity index (χ2v) is 3.72. The molecule has 0 aliphatic rings. The number of halogens is 2. The monoisotopic (exact) mass is 273 g/mol. The fourth-order valence-electron chi connectivity index (χ4n) is 1.41. The van der Waals surface area contributed by atoms with E-state index < -0.39 is 30.8 Å². The van der Waals surface area contributed by atoms with Gasteiger partial charge in [0.1, 0.15) is 11.8 Å². The lowest BCUT2D eigenvalue weighted by Crippen LogP contribution is -2.42. The molecule has 1 unspecified atom stereocenters. The number of carbonyl (C=O) groups excluding carboxylic acids is 1. The summed E-state index contributed by atoms with van der Waals surface area (Å²) in [6.07, 6.45) is -3.75. The van der Waals surface area contributed by atoms with E-state index in [0.29, 0.717) is 5.75 Å². The van der Waals surface area contributed by atoms with Crippen LogP contribution in [0.5, 0.6) is 5.75 Å². The van der Waals surface area contributed by atoms with Crippen molar-refractivity contribution in [1.82, 2.24) is 5.32 Å². The molecule has 0 saturated carbocycles. The summed E-state index contributed by atoms with van der Waals surface area (Å²) < 4.78 is 29.3. The molecule has 1 aromatic carbocycles. The maximum Gasteiger partial charge on any atom is 0.326 e. The molecule has 104 valence electrons. The Kier molecular flexibility index (Phi) is 5.23. The van der Waals surface area contributed by atoms with E-state index in [4.69, 9.17) is 9.84 Å². The number of hydrogen-bond acceptors (Lipinski definition) is 3. The van der Waals surface area contributed by atoms with Gasteiger partial charge in [-0.15, -0.1) is 0 Å². The van der Waals surface area contributed by atoms with Gasteiger partial charge in [-0.3, -0.25) is 4.79 Å². The number of carboxylic acid groups (broad SMARTS) is 1. The molecule has 0 aliphatic carbocycles. The molecule has 1 amide bonds. The highest BCUT2D eigenvalue weighted by Gasteiger charge is 2.24. The molecule has 0 radical (unpaired) electrons. The molecule has 1 atom stereocenters. The summed E-state index contributed by atoms with van der Waals surface area (Å²) in [5.41, 5.74) is 0.139. The highest BCUT2D eigenvalue weighted by molar-refractivity contribution is 5.96. The predicted octanol–water partition coefficient (Wildman–Crippen LogP) is 1.53. The van der Waals surface area contributed by atoms with E-state index in [-0.39, 0.29) is 5.56 Å². The zero-order chi connectivity index (χ0) is 14.4. The fraction of sp³-hybridized carbons (Fsp3) is 0.333. The Labute approximate surface area is 108 Å². The van der Waals surface area contributed by atoms with Crippen molar-refractivity contribution >= 4 is 11.9 Å². The summed E-state index contributed by atoms with van der Waals surface area (Å²) >= 11 is 0. The van der Waals surface area contributed by atoms with Crippen molar-refractivity contribution in [3.8, 4) is 5.75 Å². The van der Waals surface area contributed by atoms with Crippen molar-refractivity contribution < 1.29 is 28.2 Å².